The van der Waals surface area contributed by atoms with Crippen LogP contribution in [0, 0.1) is 0 Å². The molecule has 4 rings (SSSR count). The topological polar surface area (TPSA) is 94.6 Å². The molecule has 9 heteroatoms. The Kier molecular flexibility index (Phi) is 5.87. The Hall–Kier alpha value is -2.72. The highest BCUT2D eigenvalue weighted by Gasteiger charge is 2.26. The standard InChI is InChI=1S/C21H22N4O3S2/c1-15(16-4-2-6-18(26)12-16)20-14-29-21(24-20)23-17-5-3-7-19(13-17)30(27,28)25-10-8-22-9-11-25/h2-7,12-14,22,26H,1,8-11H2,(H,23,24). The number of hydrogen-bond acceptors (Lipinski definition) is 7. The molecule has 30 heavy (non-hydrogen) atoms. The highest BCUT2D eigenvalue weighted by Crippen LogP contribution is 2.29. The van der Waals surface area contributed by atoms with Gasteiger partial charge in [-0.15, -0.1) is 11.3 Å². The fourth-order valence-corrected chi connectivity index (χ4v) is 5.44. The van der Waals surface area contributed by atoms with Crippen LogP contribution >= 0.6 is 11.3 Å². The summed E-state index contributed by atoms with van der Waals surface area (Å²) in [5.41, 5.74) is 2.83. The molecule has 1 aliphatic heterocycles. The number of piperazine rings is 1. The fraction of sp³-hybridized carbons (Fsp3) is 0.190. The molecule has 0 aliphatic carbocycles. The summed E-state index contributed by atoms with van der Waals surface area (Å²) in [7, 11) is -3.53. The van der Waals surface area contributed by atoms with Crippen LogP contribution in [0.1, 0.15) is 11.3 Å². The van der Waals surface area contributed by atoms with E-state index in [0.717, 1.165) is 5.56 Å². The Morgan fingerprint density at radius 3 is 2.70 bits per heavy atom. The number of sulfonamides is 1. The first kappa shape index (κ1) is 20.5. The van der Waals surface area contributed by atoms with Crippen LogP contribution in [0.3, 0.4) is 0 Å². The van der Waals surface area contributed by atoms with Gasteiger partial charge in [0.05, 0.1) is 10.6 Å². The second-order valence-corrected chi connectivity index (χ2v) is 9.67. The molecule has 0 bridgehead atoms. The van der Waals surface area contributed by atoms with E-state index in [0.29, 0.717) is 48.3 Å². The Labute approximate surface area is 179 Å². The van der Waals surface area contributed by atoms with Crippen molar-refractivity contribution in [2.45, 2.75) is 4.90 Å². The first-order valence-electron chi connectivity index (χ1n) is 9.46. The monoisotopic (exact) mass is 442 g/mol. The van der Waals surface area contributed by atoms with Crippen molar-refractivity contribution in [2.75, 3.05) is 31.5 Å². The number of benzene rings is 2. The van der Waals surface area contributed by atoms with Gasteiger partial charge >= 0.3 is 0 Å². The van der Waals surface area contributed by atoms with Gasteiger partial charge in [0.15, 0.2) is 5.13 Å². The highest BCUT2D eigenvalue weighted by molar-refractivity contribution is 7.89. The average Bonchev–Trinajstić information content (AvgIpc) is 3.22. The first-order chi connectivity index (χ1) is 14.4. The molecule has 0 unspecified atom stereocenters. The van der Waals surface area contributed by atoms with Crippen LogP contribution in [0.5, 0.6) is 5.75 Å². The van der Waals surface area contributed by atoms with Crippen molar-refractivity contribution in [3.05, 3.63) is 71.7 Å². The van der Waals surface area contributed by atoms with Gasteiger partial charge in [-0.2, -0.15) is 4.31 Å². The molecule has 3 N–H and O–H groups in total. The Morgan fingerprint density at radius 1 is 1.17 bits per heavy atom. The van der Waals surface area contributed by atoms with E-state index in [2.05, 4.69) is 22.2 Å². The Bertz CT molecular complexity index is 1170. The average molecular weight is 443 g/mol. The highest BCUT2D eigenvalue weighted by atomic mass is 32.2. The SMILES string of the molecule is C=C(c1cccc(O)c1)c1csc(Nc2cccc(S(=O)(=O)N3CCNCC3)c2)n1. The molecule has 1 fully saturated rings. The maximum absolute atomic E-state index is 12.9. The van der Waals surface area contributed by atoms with Gasteiger partial charge in [-0.1, -0.05) is 24.8 Å². The Balaban J connectivity index is 1.52. The second kappa shape index (κ2) is 8.57. The van der Waals surface area contributed by atoms with Crippen molar-refractivity contribution in [3.63, 3.8) is 0 Å². The van der Waals surface area contributed by atoms with Gasteiger partial charge in [-0.3, -0.25) is 0 Å². The van der Waals surface area contributed by atoms with E-state index in [1.807, 2.05) is 17.5 Å². The minimum absolute atomic E-state index is 0.171. The molecule has 1 saturated heterocycles. The van der Waals surface area contributed by atoms with Gasteiger partial charge in [0.1, 0.15) is 5.75 Å². The summed E-state index contributed by atoms with van der Waals surface area (Å²) in [6, 6.07) is 13.6. The van der Waals surface area contributed by atoms with Crippen LogP contribution in [-0.2, 0) is 10.0 Å². The molecule has 3 aromatic rings. The molecule has 156 valence electrons. The van der Waals surface area contributed by atoms with Crippen LogP contribution in [0.25, 0.3) is 5.57 Å². The number of hydrogen-bond donors (Lipinski definition) is 3. The molecule has 0 spiro atoms. The van der Waals surface area contributed by atoms with E-state index in [-0.39, 0.29) is 10.6 Å². The number of nitrogens with zero attached hydrogens (tertiary/aromatic N) is 2. The van der Waals surface area contributed by atoms with Crippen molar-refractivity contribution in [1.29, 1.82) is 0 Å². The lowest BCUT2D eigenvalue weighted by Crippen LogP contribution is -2.46. The molecule has 0 saturated carbocycles. The third-order valence-electron chi connectivity index (χ3n) is 4.81. The molecule has 0 amide bonds. The maximum atomic E-state index is 12.9. The van der Waals surface area contributed by atoms with E-state index in [9.17, 15) is 13.5 Å². The number of aromatic hydroxyl groups is 1. The maximum Gasteiger partial charge on any atom is 0.243 e. The molecule has 0 radical (unpaired) electrons. The van der Waals surface area contributed by atoms with E-state index in [1.54, 1.807) is 36.4 Å². The Morgan fingerprint density at radius 2 is 1.93 bits per heavy atom. The summed E-state index contributed by atoms with van der Waals surface area (Å²) in [6.07, 6.45) is 0. The van der Waals surface area contributed by atoms with Crippen molar-refractivity contribution in [1.82, 2.24) is 14.6 Å². The van der Waals surface area contributed by atoms with Gasteiger partial charge in [0.2, 0.25) is 10.0 Å². The molecule has 7 nitrogen and oxygen atoms in total. The summed E-state index contributed by atoms with van der Waals surface area (Å²) < 4.78 is 27.3. The fourth-order valence-electron chi connectivity index (χ4n) is 3.20. The zero-order chi connectivity index (χ0) is 21.1. The zero-order valence-electron chi connectivity index (χ0n) is 16.2. The molecular weight excluding hydrogens is 420 g/mol. The smallest absolute Gasteiger partial charge is 0.243 e. The van der Waals surface area contributed by atoms with Crippen molar-refractivity contribution in [3.8, 4) is 5.75 Å². The van der Waals surface area contributed by atoms with Crippen LogP contribution in [0.4, 0.5) is 10.8 Å². The van der Waals surface area contributed by atoms with Gasteiger partial charge in [0, 0.05) is 42.8 Å². The lowest BCUT2D eigenvalue weighted by molar-refractivity contribution is 0.360. The van der Waals surface area contributed by atoms with Gasteiger partial charge in [-0.05, 0) is 35.9 Å². The molecule has 1 aromatic heterocycles. The van der Waals surface area contributed by atoms with Gasteiger partial charge in [-0.25, -0.2) is 13.4 Å². The lowest BCUT2D eigenvalue weighted by atomic mass is 10.1. The molecule has 2 aromatic carbocycles. The summed E-state index contributed by atoms with van der Waals surface area (Å²) >= 11 is 1.40. The van der Waals surface area contributed by atoms with E-state index >= 15 is 0 Å². The number of anilines is 2. The molecule has 2 heterocycles. The first-order valence-corrected chi connectivity index (χ1v) is 11.8. The number of phenolic OH excluding ortho intramolecular Hbond substituents is 1. The molecule has 1 aliphatic rings. The van der Waals surface area contributed by atoms with Crippen LogP contribution in [-0.4, -0.2) is 49.0 Å². The minimum atomic E-state index is -3.53. The number of nitrogens with one attached hydrogen (secondary N) is 2. The minimum Gasteiger partial charge on any atom is -0.508 e. The predicted octanol–water partition coefficient (Wildman–Crippen LogP) is 3.25. The summed E-state index contributed by atoms with van der Waals surface area (Å²) in [5, 5.41) is 18.5. The number of aromatic nitrogens is 1. The lowest BCUT2D eigenvalue weighted by Gasteiger charge is -2.26. The second-order valence-electron chi connectivity index (χ2n) is 6.87. The third-order valence-corrected chi connectivity index (χ3v) is 7.46. The molecular formula is C21H22N4O3S2. The van der Waals surface area contributed by atoms with E-state index in [1.165, 1.54) is 15.6 Å². The van der Waals surface area contributed by atoms with Crippen LogP contribution in [0.2, 0.25) is 0 Å². The quantitative estimate of drug-likeness (QED) is 0.543. The summed E-state index contributed by atoms with van der Waals surface area (Å²) in [5.74, 6) is 0.171. The van der Waals surface area contributed by atoms with Crippen molar-refractivity contribution >= 4 is 37.8 Å². The van der Waals surface area contributed by atoms with E-state index in [4.69, 9.17) is 0 Å². The van der Waals surface area contributed by atoms with Crippen molar-refractivity contribution in [2.24, 2.45) is 0 Å². The normalized spacial score (nSPS) is 15.1. The van der Waals surface area contributed by atoms with Crippen molar-refractivity contribution < 1.29 is 13.5 Å². The molecule has 0 atom stereocenters. The number of thiazole rings is 1. The number of phenols is 1. The van der Waals surface area contributed by atoms with Gasteiger partial charge < -0.3 is 15.7 Å². The summed E-state index contributed by atoms with van der Waals surface area (Å²) in [6.45, 7) is 6.31. The van der Waals surface area contributed by atoms with Gasteiger partial charge in [0.25, 0.3) is 0 Å². The van der Waals surface area contributed by atoms with Crippen LogP contribution in [0.15, 0.2) is 65.4 Å². The summed E-state index contributed by atoms with van der Waals surface area (Å²) in [4.78, 5) is 4.81. The number of rotatable bonds is 6. The third kappa shape index (κ3) is 4.39. The predicted molar refractivity (Wildman–Crippen MR) is 120 cm³/mol. The van der Waals surface area contributed by atoms with E-state index < -0.39 is 10.0 Å². The zero-order valence-corrected chi connectivity index (χ0v) is 17.8. The largest absolute Gasteiger partial charge is 0.508 e. The van der Waals surface area contributed by atoms with Crippen LogP contribution < -0.4 is 10.6 Å².